The lowest BCUT2D eigenvalue weighted by Crippen LogP contribution is -2.42. The van der Waals surface area contributed by atoms with Crippen LogP contribution < -0.4 is 5.32 Å². The number of carbonyl (C=O) groups excluding carboxylic acids is 1. The van der Waals surface area contributed by atoms with Crippen LogP contribution in [-0.2, 0) is 16.1 Å². The van der Waals surface area contributed by atoms with E-state index in [4.69, 9.17) is 5.11 Å². The SMILES string of the molecule is CC(C(=O)O)N(C)CC(=O)NCc1ccccc1F. The van der Waals surface area contributed by atoms with E-state index < -0.39 is 12.0 Å². The number of benzene rings is 1. The van der Waals surface area contributed by atoms with Gasteiger partial charge in [0, 0.05) is 12.1 Å². The second-order valence-electron chi connectivity index (χ2n) is 4.30. The smallest absolute Gasteiger partial charge is 0.320 e. The number of likely N-dealkylation sites (N-methyl/N-ethyl adjacent to an activating group) is 1. The number of hydrogen-bond acceptors (Lipinski definition) is 3. The van der Waals surface area contributed by atoms with E-state index in [1.54, 1.807) is 25.2 Å². The van der Waals surface area contributed by atoms with Crippen molar-refractivity contribution < 1.29 is 19.1 Å². The molecule has 0 heterocycles. The molecule has 0 radical (unpaired) electrons. The van der Waals surface area contributed by atoms with Gasteiger partial charge in [-0.1, -0.05) is 18.2 Å². The van der Waals surface area contributed by atoms with Gasteiger partial charge >= 0.3 is 5.97 Å². The Morgan fingerprint density at radius 1 is 1.42 bits per heavy atom. The minimum atomic E-state index is -0.996. The molecule has 2 N–H and O–H groups in total. The zero-order valence-corrected chi connectivity index (χ0v) is 10.9. The molecule has 1 amide bonds. The summed E-state index contributed by atoms with van der Waals surface area (Å²) < 4.78 is 13.3. The predicted molar refractivity (Wildman–Crippen MR) is 68.0 cm³/mol. The molecule has 0 aromatic heterocycles. The lowest BCUT2D eigenvalue weighted by molar-refractivity contribution is -0.142. The summed E-state index contributed by atoms with van der Waals surface area (Å²) in [5, 5.41) is 11.3. The molecule has 19 heavy (non-hydrogen) atoms. The van der Waals surface area contributed by atoms with Gasteiger partial charge in [-0.05, 0) is 20.0 Å². The van der Waals surface area contributed by atoms with Crippen molar-refractivity contribution in [1.29, 1.82) is 0 Å². The first kappa shape index (κ1) is 15.1. The van der Waals surface area contributed by atoms with Crippen molar-refractivity contribution >= 4 is 11.9 Å². The van der Waals surface area contributed by atoms with Gasteiger partial charge in [-0.3, -0.25) is 14.5 Å². The van der Waals surface area contributed by atoms with Crippen molar-refractivity contribution in [2.75, 3.05) is 13.6 Å². The number of carboxylic acid groups (broad SMARTS) is 1. The van der Waals surface area contributed by atoms with Gasteiger partial charge in [0.2, 0.25) is 5.91 Å². The van der Waals surface area contributed by atoms with Gasteiger partial charge in [0.1, 0.15) is 11.9 Å². The second kappa shape index (κ2) is 6.84. The molecule has 0 spiro atoms. The molecule has 0 bridgehead atoms. The van der Waals surface area contributed by atoms with Crippen LogP contribution in [0.1, 0.15) is 12.5 Å². The minimum Gasteiger partial charge on any atom is -0.480 e. The number of rotatable bonds is 6. The summed E-state index contributed by atoms with van der Waals surface area (Å²) in [6.45, 7) is 1.52. The third-order valence-electron chi connectivity index (χ3n) is 2.85. The van der Waals surface area contributed by atoms with E-state index >= 15 is 0 Å². The number of nitrogens with zero attached hydrogens (tertiary/aromatic N) is 1. The van der Waals surface area contributed by atoms with Crippen LogP contribution in [0.2, 0.25) is 0 Å². The molecule has 1 aromatic carbocycles. The Morgan fingerprint density at radius 2 is 2.05 bits per heavy atom. The number of carbonyl (C=O) groups is 2. The Labute approximate surface area is 111 Å². The first-order valence-electron chi connectivity index (χ1n) is 5.85. The molecule has 0 aliphatic heterocycles. The fourth-order valence-corrected chi connectivity index (χ4v) is 1.44. The van der Waals surface area contributed by atoms with E-state index in [9.17, 15) is 14.0 Å². The van der Waals surface area contributed by atoms with E-state index in [-0.39, 0.29) is 24.8 Å². The lowest BCUT2D eigenvalue weighted by Gasteiger charge is -2.20. The van der Waals surface area contributed by atoms with Crippen LogP contribution in [0.3, 0.4) is 0 Å². The summed E-state index contributed by atoms with van der Waals surface area (Å²) in [5.41, 5.74) is 0.393. The first-order valence-corrected chi connectivity index (χ1v) is 5.85. The summed E-state index contributed by atoms with van der Waals surface area (Å²) in [6, 6.07) is 5.41. The van der Waals surface area contributed by atoms with Crippen LogP contribution in [0.15, 0.2) is 24.3 Å². The van der Waals surface area contributed by atoms with Crippen molar-refractivity contribution in [3.8, 4) is 0 Å². The van der Waals surface area contributed by atoms with Gasteiger partial charge in [-0.15, -0.1) is 0 Å². The fourth-order valence-electron chi connectivity index (χ4n) is 1.44. The van der Waals surface area contributed by atoms with Crippen molar-refractivity contribution in [3.05, 3.63) is 35.6 Å². The van der Waals surface area contributed by atoms with Crippen molar-refractivity contribution in [2.24, 2.45) is 0 Å². The van der Waals surface area contributed by atoms with Crippen LogP contribution in [0.5, 0.6) is 0 Å². The van der Waals surface area contributed by atoms with Crippen LogP contribution in [0.4, 0.5) is 4.39 Å². The summed E-state index contributed by atoms with van der Waals surface area (Å²) >= 11 is 0. The fraction of sp³-hybridized carbons (Fsp3) is 0.385. The molecule has 104 valence electrons. The van der Waals surface area contributed by atoms with Crippen molar-refractivity contribution in [3.63, 3.8) is 0 Å². The standard InChI is InChI=1S/C13H17FN2O3/c1-9(13(18)19)16(2)8-12(17)15-7-10-5-3-4-6-11(10)14/h3-6,9H,7-8H2,1-2H3,(H,15,17)(H,18,19). The van der Waals surface area contributed by atoms with E-state index in [0.717, 1.165) is 0 Å². The van der Waals surface area contributed by atoms with Gasteiger partial charge in [0.25, 0.3) is 0 Å². The molecule has 5 nitrogen and oxygen atoms in total. The predicted octanol–water partition coefficient (Wildman–Crippen LogP) is 0.847. The van der Waals surface area contributed by atoms with Gasteiger partial charge in [-0.25, -0.2) is 4.39 Å². The Hall–Kier alpha value is -1.95. The van der Waals surface area contributed by atoms with E-state index in [1.807, 2.05) is 0 Å². The van der Waals surface area contributed by atoms with Gasteiger partial charge in [0.05, 0.1) is 6.54 Å². The van der Waals surface area contributed by atoms with E-state index in [0.29, 0.717) is 5.56 Å². The Kier molecular flexibility index (Phi) is 5.44. The number of halogens is 1. The first-order chi connectivity index (χ1) is 8.91. The lowest BCUT2D eigenvalue weighted by atomic mass is 10.2. The van der Waals surface area contributed by atoms with E-state index in [2.05, 4.69) is 5.32 Å². The summed E-state index contributed by atoms with van der Waals surface area (Å²) in [4.78, 5) is 23.7. The minimum absolute atomic E-state index is 0.0537. The summed E-state index contributed by atoms with van der Waals surface area (Å²) in [6.07, 6.45) is 0. The molecule has 6 heteroatoms. The Balaban J connectivity index is 2.44. The molecule has 0 aliphatic rings. The highest BCUT2D eigenvalue weighted by Crippen LogP contribution is 2.05. The highest BCUT2D eigenvalue weighted by Gasteiger charge is 2.18. The number of carboxylic acids is 1. The van der Waals surface area contributed by atoms with Crippen molar-refractivity contribution in [2.45, 2.75) is 19.5 Å². The maximum atomic E-state index is 13.3. The average molecular weight is 268 g/mol. The average Bonchev–Trinajstić information content (AvgIpc) is 2.36. The highest BCUT2D eigenvalue weighted by atomic mass is 19.1. The third-order valence-corrected chi connectivity index (χ3v) is 2.85. The summed E-state index contributed by atoms with van der Waals surface area (Å²) in [5.74, 6) is -1.72. The maximum absolute atomic E-state index is 13.3. The second-order valence-corrected chi connectivity index (χ2v) is 4.30. The molecule has 1 atom stereocenters. The zero-order chi connectivity index (χ0) is 14.4. The topological polar surface area (TPSA) is 69.6 Å². The quantitative estimate of drug-likeness (QED) is 0.802. The molecule has 1 aromatic rings. The molecule has 1 rings (SSSR count). The van der Waals surface area contributed by atoms with Gasteiger partial charge in [-0.2, -0.15) is 0 Å². The van der Waals surface area contributed by atoms with Crippen LogP contribution in [0, 0.1) is 5.82 Å². The number of hydrogen-bond donors (Lipinski definition) is 2. The zero-order valence-electron chi connectivity index (χ0n) is 10.9. The molecule has 0 saturated carbocycles. The maximum Gasteiger partial charge on any atom is 0.320 e. The van der Waals surface area contributed by atoms with Gasteiger partial charge < -0.3 is 10.4 Å². The largest absolute Gasteiger partial charge is 0.480 e. The Morgan fingerprint density at radius 3 is 2.63 bits per heavy atom. The normalized spacial score (nSPS) is 12.2. The third kappa shape index (κ3) is 4.67. The van der Waals surface area contributed by atoms with Crippen LogP contribution in [-0.4, -0.2) is 41.5 Å². The number of amides is 1. The molecule has 0 aliphatic carbocycles. The Bertz CT molecular complexity index is 465. The molecular formula is C13H17FN2O3. The van der Waals surface area contributed by atoms with E-state index in [1.165, 1.54) is 17.9 Å². The van der Waals surface area contributed by atoms with Crippen LogP contribution >= 0.6 is 0 Å². The van der Waals surface area contributed by atoms with Crippen molar-refractivity contribution in [1.82, 2.24) is 10.2 Å². The monoisotopic (exact) mass is 268 g/mol. The molecule has 1 unspecified atom stereocenters. The summed E-state index contributed by atoms with van der Waals surface area (Å²) in [7, 11) is 1.54. The highest BCUT2D eigenvalue weighted by molar-refractivity contribution is 5.79. The molecule has 0 saturated heterocycles. The molecular weight excluding hydrogens is 251 g/mol. The number of nitrogens with one attached hydrogen (secondary N) is 1. The van der Waals surface area contributed by atoms with Crippen LogP contribution in [0.25, 0.3) is 0 Å². The number of aliphatic carboxylic acids is 1. The molecule has 0 fully saturated rings. The van der Waals surface area contributed by atoms with Gasteiger partial charge in [0.15, 0.2) is 0 Å².